The molecule has 5 heteroatoms. The summed E-state index contributed by atoms with van der Waals surface area (Å²) >= 11 is 0. The zero-order valence-electron chi connectivity index (χ0n) is 12.4. The van der Waals surface area contributed by atoms with Crippen molar-refractivity contribution in [2.75, 3.05) is 13.2 Å². The van der Waals surface area contributed by atoms with Crippen LogP contribution < -0.4 is 15.4 Å². The lowest BCUT2D eigenvalue weighted by molar-refractivity contribution is -0.129. The standard InChI is InChI=1S/C16H22N2O2.ClH/c1-16(8-4-5-9-17-16)15(19)18-13-10-12-6-2-3-7-14(12)20-11-13;/h2-3,6-7,13,17H,4-5,8-11H2,1H3,(H,18,19);1H. The maximum Gasteiger partial charge on any atom is 0.240 e. The summed E-state index contributed by atoms with van der Waals surface area (Å²) in [6.07, 6.45) is 4.02. The third kappa shape index (κ3) is 3.50. The first kappa shape index (κ1) is 16.1. The first-order chi connectivity index (χ1) is 9.67. The Kier molecular flexibility index (Phi) is 5.12. The highest BCUT2D eigenvalue weighted by atomic mass is 35.5. The monoisotopic (exact) mass is 310 g/mol. The molecule has 2 atom stereocenters. The number of amides is 1. The molecule has 1 saturated heterocycles. The van der Waals surface area contributed by atoms with Crippen LogP contribution >= 0.6 is 12.4 Å². The second-order valence-electron chi connectivity index (χ2n) is 6.01. The number of para-hydroxylation sites is 1. The van der Waals surface area contributed by atoms with Crippen molar-refractivity contribution in [3.63, 3.8) is 0 Å². The molecule has 0 spiro atoms. The molecule has 0 aromatic heterocycles. The van der Waals surface area contributed by atoms with E-state index in [4.69, 9.17) is 4.74 Å². The largest absolute Gasteiger partial charge is 0.491 e. The number of hydrogen-bond acceptors (Lipinski definition) is 3. The molecule has 1 aromatic rings. The van der Waals surface area contributed by atoms with E-state index in [1.807, 2.05) is 25.1 Å². The summed E-state index contributed by atoms with van der Waals surface area (Å²) in [6, 6.07) is 8.10. The van der Waals surface area contributed by atoms with E-state index >= 15 is 0 Å². The Morgan fingerprint density at radius 2 is 2.19 bits per heavy atom. The first-order valence-electron chi connectivity index (χ1n) is 7.44. The van der Waals surface area contributed by atoms with E-state index < -0.39 is 5.54 Å². The van der Waals surface area contributed by atoms with Crippen LogP contribution in [0, 0.1) is 0 Å². The number of hydrogen-bond donors (Lipinski definition) is 2. The number of halogens is 1. The lowest BCUT2D eigenvalue weighted by Gasteiger charge is -2.35. The van der Waals surface area contributed by atoms with Crippen LogP contribution in [0.3, 0.4) is 0 Å². The Morgan fingerprint density at radius 1 is 1.38 bits per heavy atom. The molecule has 0 radical (unpaired) electrons. The van der Waals surface area contributed by atoms with Crippen molar-refractivity contribution < 1.29 is 9.53 Å². The van der Waals surface area contributed by atoms with Gasteiger partial charge in [0.1, 0.15) is 12.4 Å². The van der Waals surface area contributed by atoms with E-state index in [0.717, 1.165) is 38.0 Å². The lowest BCUT2D eigenvalue weighted by atomic mass is 9.89. The fourth-order valence-electron chi connectivity index (χ4n) is 3.02. The zero-order chi connectivity index (χ0) is 14.0. The van der Waals surface area contributed by atoms with E-state index in [9.17, 15) is 4.79 Å². The quantitative estimate of drug-likeness (QED) is 0.879. The molecule has 116 valence electrons. The van der Waals surface area contributed by atoms with Gasteiger partial charge in [-0.2, -0.15) is 0 Å². The Bertz CT molecular complexity index is 501. The van der Waals surface area contributed by atoms with E-state index in [1.165, 1.54) is 5.56 Å². The number of fused-ring (bicyclic) bond motifs is 1. The number of piperidine rings is 1. The Balaban J connectivity index is 0.00000161. The molecule has 0 bridgehead atoms. The molecular weight excluding hydrogens is 288 g/mol. The van der Waals surface area contributed by atoms with Crippen molar-refractivity contribution in [3.05, 3.63) is 29.8 Å². The highest BCUT2D eigenvalue weighted by Gasteiger charge is 2.35. The summed E-state index contributed by atoms with van der Waals surface area (Å²) in [4.78, 5) is 12.5. The fraction of sp³-hybridized carbons (Fsp3) is 0.562. The van der Waals surface area contributed by atoms with Crippen LogP contribution in [0.4, 0.5) is 0 Å². The third-order valence-electron chi connectivity index (χ3n) is 4.33. The Morgan fingerprint density at radius 3 is 2.95 bits per heavy atom. The molecule has 3 rings (SSSR count). The van der Waals surface area contributed by atoms with Gasteiger partial charge in [-0.15, -0.1) is 12.4 Å². The molecule has 1 fully saturated rings. The minimum Gasteiger partial charge on any atom is -0.491 e. The average Bonchev–Trinajstić information content (AvgIpc) is 2.48. The Hall–Kier alpha value is -1.26. The van der Waals surface area contributed by atoms with E-state index in [2.05, 4.69) is 16.7 Å². The second kappa shape index (κ2) is 6.67. The third-order valence-corrected chi connectivity index (χ3v) is 4.33. The maximum atomic E-state index is 12.5. The van der Waals surface area contributed by atoms with Gasteiger partial charge in [0.05, 0.1) is 11.6 Å². The second-order valence-corrected chi connectivity index (χ2v) is 6.01. The highest BCUT2D eigenvalue weighted by molar-refractivity contribution is 5.86. The average molecular weight is 311 g/mol. The van der Waals surface area contributed by atoms with Crippen LogP contribution in [0.15, 0.2) is 24.3 Å². The fourth-order valence-corrected chi connectivity index (χ4v) is 3.02. The topological polar surface area (TPSA) is 50.4 Å². The lowest BCUT2D eigenvalue weighted by Crippen LogP contribution is -2.59. The molecule has 1 aromatic carbocycles. The normalized spacial score (nSPS) is 27.8. The predicted molar refractivity (Wildman–Crippen MR) is 85.1 cm³/mol. The molecular formula is C16H23ClN2O2. The molecule has 0 aliphatic carbocycles. The van der Waals surface area contributed by atoms with Gasteiger partial charge in [0, 0.05) is 0 Å². The van der Waals surface area contributed by atoms with E-state index in [-0.39, 0.29) is 24.4 Å². The van der Waals surface area contributed by atoms with Crippen molar-refractivity contribution in [1.29, 1.82) is 0 Å². The van der Waals surface area contributed by atoms with Gasteiger partial charge in [-0.1, -0.05) is 18.2 Å². The van der Waals surface area contributed by atoms with E-state index in [0.29, 0.717) is 6.61 Å². The molecule has 2 heterocycles. The molecule has 2 N–H and O–H groups in total. The number of nitrogens with one attached hydrogen (secondary N) is 2. The molecule has 2 aliphatic heterocycles. The van der Waals surface area contributed by atoms with Crippen LogP contribution in [0.5, 0.6) is 5.75 Å². The van der Waals surface area contributed by atoms with Crippen molar-refractivity contribution in [1.82, 2.24) is 10.6 Å². The maximum absolute atomic E-state index is 12.5. The van der Waals surface area contributed by atoms with Crippen molar-refractivity contribution >= 4 is 18.3 Å². The number of benzene rings is 1. The zero-order valence-corrected chi connectivity index (χ0v) is 13.2. The number of carbonyl (C=O) groups excluding carboxylic acids is 1. The molecule has 0 saturated carbocycles. The van der Waals surface area contributed by atoms with Crippen LogP contribution in [-0.4, -0.2) is 30.6 Å². The van der Waals surface area contributed by atoms with Crippen LogP contribution in [-0.2, 0) is 11.2 Å². The molecule has 21 heavy (non-hydrogen) atoms. The van der Waals surface area contributed by atoms with Gasteiger partial charge >= 0.3 is 0 Å². The number of rotatable bonds is 2. The minimum absolute atomic E-state index is 0. The Labute approximate surface area is 132 Å². The van der Waals surface area contributed by atoms with Gasteiger partial charge in [0.2, 0.25) is 5.91 Å². The van der Waals surface area contributed by atoms with Gasteiger partial charge in [0.25, 0.3) is 0 Å². The van der Waals surface area contributed by atoms with Crippen LogP contribution in [0.1, 0.15) is 31.7 Å². The van der Waals surface area contributed by atoms with Crippen LogP contribution in [0.25, 0.3) is 0 Å². The summed E-state index contributed by atoms with van der Waals surface area (Å²) in [5, 5.41) is 6.49. The smallest absolute Gasteiger partial charge is 0.240 e. The highest BCUT2D eigenvalue weighted by Crippen LogP contribution is 2.25. The number of ether oxygens (including phenoxy) is 1. The van der Waals surface area contributed by atoms with E-state index in [1.54, 1.807) is 0 Å². The van der Waals surface area contributed by atoms with Gasteiger partial charge in [-0.3, -0.25) is 4.79 Å². The molecule has 2 unspecified atom stereocenters. The minimum atomic E-state index is -0.421. The summed E-state index contributed by atoms with van der Waals surface area (Å²) in [7, 11) is 0. The SMILES string of the molecule is CC1(C(=O)NC2COc3ccccc3C2)CCCCN1.Cl. The predicted octanol–water partition coefficient (Wildman–Crippen LogP) is 2.06. The molecule has 2 aliphatic rings. The summed E-state index contributed by atoms with van der Waals surface area (Å²) in [5.74, 6) is 1.05. The summed E-state index contributed by atoms with van der Waals surface area (Å²) in [6.45, 7) is 3.48. The van der Waals surface area contributed by atoms with Gasteiger partial charge in [0.15, 0.2) is 0 Å². The van der Waals surface area contributed by atoms with Gasteiger partial charge in [-0.25, -0.2) is 0 Å². The van der Waals surface area contributed by atoms with Gasteiger partial charge in [-0.05, 0) is 50.8 Å². The van der Waals surface area contributed by atoms with Crippen molar-refractivity contribution in [3.8, 4) is 5.75 Å². The van der Waals surface area contributed by atoms with Crippen molar-refractivity contribution in [2.45, 2.75) is 44.2 Å². The first-order valence-corrected chi connectivity index (χ1v) is 7.44. The van der Waals surface area contributed by atoms with Crippen LogP contribution in [0.2, 0.25) is 0 Å². The molecule has 4 nitrogen and oxygen atoms in total. The van der Waals surface area contributed by atoms with Gasteiger partial charge < -0.3 is 15.4 Å². The molecule has 1 amide bonds. The number of carbonyl (C=O) groups is 1. The summed E-state index contributed by atoms with van der Waals surface area (Å²) in [5.41, 5.74) is 0.751. The van der Waals surface area contributed by atoms with Crippen molar-refractivity contribution in [2.24, 2.45) is 0 Å². The summed E-state index contributed by atoms with van der Waals surface area (Å²) < 4.78 is 5.72.